The monoisotopic (exact) mass is 309 g/mol. The second-order valence-corrected chi connectivity index (χ2v) is 5.75. The van der Waals surface area contributed by atoms with E-state index in [0.29, 0.717) is 11.5 Å². The van der Waals surface area contributed by atoms with Crippen LogP contribution in [-0.4, -0.2) is 19.6 Å². The molecule has 0 aliphatic heterocycles. The number of nitriles is 1. The Bertz CT molecular complexity index is 437. The highest BCUT2D eigenvalue weighted by molar-refractivity contribution is 9.10. The van der Waals surface area contributed by atoms with Gasteiger partial charge in [0.15, 0.2) is 0 Å². The predicted molar refractivity (Wildman–Crippen MR) is 79.6 cm³/mol. The molecule has 1 rings (SSSR count). The van der Waals surface area contributed by atoms with Gasteiger partial charge in [-0.15, -0.1) is 0 Å². The van der Waals surface area contributed by atoms with E-state index in [1.165, 1.54) is 0 Å². The second-order valence-electron chi connectivity index (χ2n) is 4.89. The van der Waals surface area contributed by atoms with Crippen LogP contribution in [0.1, 0.15) is 25.8 Å². The van der Waals surface area contributed by atoms with E-state index in [-0.39, 0.29) is 6.04 Å². The van der Waals surface area contributed by atoms with Crippen molar-refractivity contribution in [3.05, 3.63) is 28.2 Å². The predicted octanol–water partition coefficient (Wildman–Crippen LogP) is 3.13. The molecule has 0 spiro atoms. The first kappa shape index (κ1) is 15.0. The number of hydrogen-bond acceptors (Lipinski definition) is 3. The summed E-state index contributed by atoms with van der Waals surface area (Å²) in [5.41, 5.74) is 7.79. The third kappa shape index (κ3) is 4.01. The van der Waals surface area contributed by atoms with Crippen LogP contribution in [0, 0.1) is 17.2 Å². The van der Waals surface area contributed by atoms with Gasteiger partial charge in [-0.3, -0.25) is 0 Å². The van der Waals surface area contributed by atoms with E-state index in [4.69, 9.17) is 11.0 Å². The summed E-state index contributed by atoms with van der Waals surface area (Å²) in [6, 6.07) is 8.14. The zero-order chi connectivity index (χ0) is 13.7. The van der Waals surface area contributed by atoms with Gasteiger partial charge in [0.05, 0.1) is 5.56 Å². The number of anilines is 1. The first-order valence-corrected chi connectivity index (χ1v) is 6.91. The van der Waals surface area contributed by atoms with Crippen LogP contribution in [0.25, 0.3) is 0 Å². The minimum atomic E-state index is 0.231. The van der Waals surface area contributed by atoms with Crippen molar-refractivity contribution in [2.75, 3.05) is 18.5 Å². The summed E-state index contributed by atoms with van der Waals surface area (Å²) >= 11 is 3.41. The zero-order valence-electron chi connectivity index (χ0n) is 11.2. The van der Waals surface area contributed by atoms with Gasteiger partial charge in [0.25, 0.3) is 0 Å². The molecule has 1 unspecified atom stereocenters. The van der Waals surface area contributed by atoms with Gasteiger partial charge in [-0.25, -0.2) is 0 Å². The van der Waals surface area contributed by atoms with Crippen molar-refractivity contribution >= 4 is 21.6 Å². The Kier molecular flexibility index (Phi) is 5.64. The Morgan fingerprint density at radius 2 is 2.11 bits per heavy atom. The number of nitrogens with two attached hydrogens (primary N) is 1. The highest BCUT2D eigenvalue weighted by Gasteiger charge is 2.10. The first-order valence-electron chi connectivity index (χ1n) is 6.12. The summed E-state index contributed by atoms with van der Waals surface area (Å²) in [7, 11) is 2.04. The van der Waals surface area contributed by atoms with Crippen molar-refractivity contribution < 1.29 is 0 Å². The lowest BCUT2D eigenvalue weighted by Gasteiger charge is -2.23. The van der Waals surface area contributed by atoms with E-state index >= 15 is 0 Å². The van der Waals surface area contributed by atoms with Crippen molar-refractivity contribution in [3.63, 3.8) is 0 Å². The fourth-order valence-corrected chi connectivity index (χ4v) is 2.09. The largest absolute Gasteiger partial charge is 0.375 e. The lowest BCUT2D eigenvalue weighted by Crippen LogP contribution is -2.31. The van der Waals surface area contributed by atoms with Crippen molar-refractivity contribution in [1.29, 1.82) is 5.26 Å². The Morgan fingerprint density at radius 1 is 1.44 bits per heavy atom. The third-order valence-corrected chi connectivity index (χ3v) is 3.82. The highest BCUT2D eigenvalue weighted by atomic mass is 79.9. The standard InChI is InChI=1S/C14H20BrN3/c1-10(2)14(17)6-7-18(3)12-5-4-11(9-16)13(15)8-12/h4-5,8,10,14H,6-7,17H2,1-3H3. The Morgan fingerprint density at radius 3 is 2.61 bits per heavy atom. The van der Waals surface area contributed by atoms with Gasteiger partial charge in [0.1, 0.15) is 6.07 Å². The summed E-state index contributed by atoms with van der Waals surface area (Å²) in [4.78, 5) is 2.16. The van der Waals surface area contributed by atoms with E-state index in [2.05, 4.69) is 40.7 Å². The molecule has 18 heavy (non-hydrogen) atoms. The quantitative estimate of drug-likeness (QED) is 0.909. The summed E-state index contributed by atoms with van der Waals surface area (Å²) in [6.07, 6.45) is 0.964. The molecule has 0 radical (unpaired) electrons. The van der Waals surface area contributed by atoms with Gasteiger partial charge in [0.2, 0.25) is 0 Å². The Hall–Kier alpha value is -1.05. The minimum absolute atomic E-state index is 0.231. The van der Waals surface area contributed by atoms with Gasteiger partial charge in [-0.1, -0.05) is 13.8 Å². The molecule has 1 aromatic carbocycles. The minimum Gasteiger partial charge on any atom is -0.375 e. The molecule has 0 saturated carbocycles. The van der Waals surface area contributed by atoms with E-state index in [1.807, 2.05) is 25.2 Å². The van der Waals surface area contributed by atoms with Crippen LogP contribution in [0.15, 0.2) is 22.7 Å². The maximum Gasteiger partial charge on any atom is 0.100 e. The number of halogens is 1. The normalized spacial score (nSPS) is 12.3. The molecule has 0 aromatic heterocycles. The maximum atomic E-state index is 8.88. The number of nitrogens with zero attached hydrogens (tertiary/aromatic N) is 2. The fourth-order valence-electron chi connectivity index (χ4n) is 1.64. The van der Waals surface area contributed by atoms with Crippen molar-refractivity contribution in [2.24, 2.45) is 11.7 Å². The van der Waals surface area contributed by atoms with Gasteiger partial charge in [-0.05, 0) is 46.5 Å². The van der Waals surface area contributed by atoms with Crippen molar-refractivity contribution in [2.45, 2.75) is 26.3 Å². The molecule has 0 heterocycles. The lowest BCUT2D eigenvalue weighted by atomic mass is 10.0. The van der Waals surface area contributed by atoms with Crippen LogP contribution in [0.2, 0.25) is 0 Å². The summed E-state index contributed by atoms with van der Waals surface area (Å²) in [5.74, 6) is 0.506. The molecule has 0 bridgehead atoms. The lowest BCUT2D eigenvalue weighted by molar-refractivity contribution is 0.466. The van der Waals surface area contributed by atoms with Gasteiger partial charge in [-0.2, -0.15) is 5.26 Å². The fraction of sp³-hybridized carbons (Fsp3) is 0.500. The molecule has 4 heteroatoms. The number of hydrogen-bond donors (Lipinski definition) is 1. The summed E-state index contributed by atoms with van der Waals surface area (Å²) < 4.78 is 0.836. The third-order valence-electron chi connectivity index (χ3n) is 3.17. The SMILES string of the molecule is CC(C)C(N)CCN(C)c1ccc(C#N)c(Br)c1. The zero-order valence-corrected chi connectivity index (χ0v) is 12.7. The van der Waals surface area contributed by atoms with Crippen molar-refractivity contribution in [3.8, 4) is 6.07 Å². The topological polar surface area (TPSA) is 53.0 Å². The average Bonchev–Trinajstić information content (AvgIpc) is 2.35. The smallest absolute Gasteiger partial charge is 0.100 e. The van der Waals surface area contributed by atoms with Crippen LogP contribution < -0.4 is 10.6 Å². The maximum absolute atomic E-state index is 8.88. The number of benzene rings is 1. The molecule has 1 atom stereocenters. The van der Waals surface area contributed by atoms with E-state index < -0.39 is 0 Å². The number of rotatable bonds is 5. The Labute approximate surface area is 118 Å². The van der Waals surface area contributed by atoms with Gasteiger partial charge < -0.3 is 10.6 Å². The van der Waals surface area contributed by atoms with E-state index in [0.717, 1.165) is 23.1 Å². The van der Waals surface area contributed by atoms with E-state index in [1.54, 1.807) is 0 Å². The summed E-state index contributed by atoms with van der Waals surface area (Å²) in [5, 5.41) is 8.88. The molecule has 1 aromatic rings. The molecule has 0 saturated heterocycles. The molecule has 0 fully saturated rings. The van der Waals surface area contributed by atoms with Gasteiger partial charge in [0, 0.05) is 29.8 Å². The van der Waals surface area contributed by atoms with Crippen LogP contribution in [0.3, 0.4) is 0 Å². The highest BCUT2D eigenvalue weighted by Crippen LogP contribution is 2.23. The van der Waals surface area contributed by atoms with E-state index in [9.17, 15) is 0 Å². The van der Waals surface area contributed by atoms with Crippen molar-refractivity contribution in [1.82, 2.24) is 0 Å². The van der Waals surface area contributed by atoms with Crippen LogP contribution in [-0.2, 0) is 0 Å². The van der Waals surface area contributed by atoms with Gasteiger partial charge >= 0.3 is 0 Å². The molecular formula is C14H20BrN3. The molecule has 98 valence electrons. The average molecular weight is 310 g/mol. The second kappa shape index (κ2) is 6.77. The van der Waals surface area contributed by atoms with Crippen LogP contribution in [0.5, 0.6) is 0 Å². The molecular weight excluding hydrogens is 290 g/mol. The molecule has 2 N–H and O–H groups in total. The molecule has 3 nitrogen and oxygen atoms in total. The van der Waals surface area contributed by atoms with Crippen LogP contribution in [0.4, 0.5) is 5.69 Å². The van der Waals surface area contributed by atoms with Crippen LogP contribution >= 0.6 is 15.9 Å². The Balaban J connectivity index is 2.65. The molecule has 0 amide bonds. The molecule has 0 aliphatic rings. The summed E-state index contributed by atoms with van der Waals surface area (Å²) in [6.45, 7) is 5.20. The first-order chi connectivity index (χ1) is 8.45. The molecule has 0 aliphatic carbocycles.